The number of nitrogens with zero attached hydrogens (tertiary/aromatic N) is 2. The zero-order chi connectivity index (χ0) is 13.2. The first kappa shape index (κ1) is 12.7. The molecule has 0 amide bonds. The zero-order valence-electron chi connectivity index (χ0n) is 9.80. The van der Waals surface area contributed by atoms with E-state index in [9.17, 15) is 5.11 Å². The minimum absolute atomic E-state index is 0.0122. The summed E-state index contributed by atoms with van der Waals surface area (Å²) >= 11 is 3.30. The number of halogens is 1. The molecule has 0 radical (unpaired) electrons. The van der Waals surface area contributed by atoms with Gasteiger partial charge in [-0.1, -0.05) is 0 Å². The summed E-state index contributed by atoms with van der Waals surface area (Å²) < 4.78 is 9.49. The third-order valence-corrected chi connectivity index (χ3v) is 4.55. The fourth-order valence-corrected chi connectivity index (χ4v) is 3.39. The van der Waals surface area contributed by atoms with E-state index in [4.69, 9.17) is 0 Å². The molecule has 0 aliphatic carbocycles. The predicted octanol–water partition coefficient (Wildman–Crippen LogP) is 2.77. The molecular formula is C13H10BrN3OSe. The zero-order valence-corrected chi connectivity index (χ0v) is 13.1. The average Bonchev–Trinajstić information content (AvgIpc) is 2.89. The van der Waals surface area contributed by atoms with Gasteiger partial charge in [-0.25, -0.2) is 0 Å². The van der Waals surface area contributed by atoms with Crippen LogP contribution in [0, 0.1) is 0 Å². The molecule has 0 aliphatic heterocycles. The van der Waals surface area contributed by atoms with Gasteiger partial charge in [0.15, 0.2) is 0 Å². The first-order valence-corrected chi connectivity index (χ1v) is 7.99. The average molecular weight is 383 g/mol. The van der Waals surface area contributed by atoms with Crippen molar-refractivity contribution in [3.8, 4) is 5.75 Å². The summed E-state index contributed by atoms with van der Waals surface area (Å²) in [5, 5.41) is 12.8. The number of rotatable bonds is 3. The number of phenols is 1. The van der Waals surface area contributed by atoms with Crippen LogP contribution in [0.25, 0.3) is 11.0 Å². The summed E-state index contributed by atoms with van der Waals surface area (Å²) in [4.78, 5) is 0. The first-order valence-electron chi connectivity index (χ1n) is 5.66. The Kier molecular flexibility index (Phi) is 3.55. The molecule has 3 rings (SSSR count). The van der Waals surface area contributed by atoms with Gasteiger partial charge in [0.25, 0.3) is 0 Å². The van der Waals surface area contributed by atoms with Crippen LogP contribution in [0.3, 0.4) is 0 Å². The Balaban J connectivity index is 1.82. The third-order valence-electron chi connectivity index (χ3n) is 2.78. The van der Waals surface area contributed by atoms with Gasteiger partial charge in [-0.15, -0.1) is 0 Å². The number of fused-ring (bicyclic) bond motifs is 1. The SMILES string of the molecule is Oc1ccc(CNc2cccc3n[se]nc23)cc1Br. The second kappa shape index (κ2) is 5.33. The molecule has 19 heavy (non-hydrogen) atoms. The van der Waals surface area contributed by atoms with E-state index in [0.29, 0.717) is 11.0 Å². The van der Waals surface area contributed by atoms with Crippen molar-refractivity contribution in [2.45, 2.75) is 6.54 Å². The van der Waals surface area contributed by atoms with E-state index >= 15 is 0 Å². The van der Waals surface area contributed by atoms with Crippen molar-refractivity contribution in [1.29, 1.82) is 0 Å². The van der Waals surface area contributed by atoms with Crippen molar-refractivity contribution in [1.82, 2.24) is 7.96 Å². The number of aromatic hydroxyl groups is 1. The first-order chi connectivity index (χ1) is 9.24. The molecule has 0 atom stereocenters. The van der Waals surface area contributed by atoms with Crippen LogP contribution in [0.2, 0.25) is 0 Å². The Morgan fingerprint density at radius 3 is 2.95 bits per heavy atom. The van der Waals surface area contributed by atoms with E-state index in [-0.39, 0.29) is 20.7 Å². The Morgan fingerprint density at radius 1 is 1.21 bits per heavy atom. The van der Waals surface area contributed by atoms with Crippen LogP contribution >= 0.6 is 15.9 Å². The Bertz CT molecular complexity index is 729. The van der Waals surface area contributed by atoms with Gasteiger partial charge in [-0.2, -0.15) is 0 Å². The molecule has 4 nitrogen and oxygen atoms in total. The van der Waals surface area contributed by atoms with Crippen LogP contribution in [0.1, 0.15) is 5.56 Å². The normalized spacial score (nSPS) is 10.8. The van der Waals surface area contributed by atoms with Crippen LogP contribution in [-0.2, 0) is 6.54 Å². The Hall–Kier alpha value is -1.36. The van der Waals surface area contributed by atoms with Crippen molar-refractivity contribution < 1.29 is 5.11 Å². The summed E-state index contributed by atoms with van der Waals surface area (Å²) in [6.45, 7) is 0.678. The summed E-state index contributed by atoms with van der Waals surface area (Å²) in [6, 6.07) is 11.4. The minimum atomic E-state index is -0.0122. The Morgan fingerprint density at radius 2 is 2.11 bits per heavy atom. The molecule has 1 aromatic heterocycles. The molecule has 0 unspecified atom stereocenters. The number of phenolic OH excluding ortho intramolecular Hbond substituents is 1. The molecule has 96 valence electrons. The third kappa shape index (κ3) is 2.66. The van der Waals surface area contributed by atoms with Gasteiger partial charge in [0.05, 0.1) is 0 Å². The van der Waals surface area contributed by atoms with Crippen LogP contribution in [0.5, 0.6) is 5.75 Å². The topological polar surface area (TPSA) is 58.0 Å². The van der Waals surface area contributed by atoms with Crippen LogP contribution in [0.4, 0.5) is 5.69 Å². The van der Waals surface area contributed by atoms with Gasteiger partial charge in [0, 0.05) is 0 Å². The Labute approximate surface area is 124 Å². The van der Waals surface area contributed by atoms with Gasteiger partial charge >= 0.3 is 125 Å². The fourth-order valence-electron chi connectivity index (χ4n) is 1.81. The molecule has 3 aromatic rings. The summed E-state index contributed by atoms with van der Waals surface area (Å²) in [7, 11) is 0. The standard InChI is InChI=1S/C13H10BrN3OSe/c14-9-6-8(4-5-12(9)18)7-15-10-2-1-3-11-13(10)17-19-16-11/h1-6,15,18H,7H2. The second-order valence-corrected chi connectivity index (χ2v) is 6.04. The quantitative estimate of drug-likeness (QED) is 0.684. The molecule has 0 saturated carbocycles. The van der Waals surface area contributed by atoms with Gasteiger partial charge < -0.3 is 0 Å². The molecule has 0 spiro atoms. The van der Waals surface area contributed by atoms with Crippen molar-refractivity contribution in [2.24, 2.45) is 0 Å². The van der Waals surface area contributed by atoms with Gasteiger partial charge in [0.2, 0.25) is 0 Å². The van der Waals surface area contributed by atoms with Crippen LogP contribution in [-0.4, -0.2) is 28.0 Å². The molecule has 2 aromatic carbocycles. The van der Waals surface area contributed by atoms with Crippen molar-refractivity contribution >= 4 is 47.6 Å². The van der Waals surface area contributed by atoms with Crippen molar-refractivity contribution in [2.75, 3.05) is 5.32 Å². The van der Waals surface area contributed by atoms with E-state index in [1.807, 2.05) is 30.3 Å². The van der Waals surface area contributed by atoms with Gasteiger partial charge in [0.1, 0.15) is 0 Å². The molecule has 2 N–H and O–H groups in total. The number of anilines is 1. The maximum atomic E-state index is 9.46. The molecule has 0 bridgehead atoms. The maximum absolute atomic E-state index is 9.46. The van der Waals surface area contributed by atoms with Crippen LogP contribution in [0.15, 0.2) is 40.9 Å². The van der Waals surface area contributed by atoms with E-state index in [1.54, 1.807) is 6.07 Å². The monoisotopic (exact) mass is 383 g/mol. The summed E-state index contributed by atoms with van der Waals surface area (Å²) in [5.74, 6) is 0.251. The second-order valence-electron chi connectivity index (χ2n) is 4.08. The molecule has 6 heteroatoms. The van der Waals surface area contributed by atoms with E-state index in [1.165, 1.54) is 0 Å². The summed E-state index contributed by atoms with van der Waals surface area (Å²) in [5.41, 5.74) is 4.02. The number of aromatic nitrogens is 2. The predicted molar refractivity (Wildman–Crippen MR) is 79.6 cm³/mol. The van der Waals surface area contributed by atoms with Gasteiger partial charge in [-0.05, 0) is 0 Å². The number of benzene rings is 2. The van der Waals surface area contributed by atoms with E-state index < -0.39 is 0 Å². The van der Waals surface area contributed by atoms with Crippen LogP contribution < -0.4 is 5.32 Å². The fraction of sp³-hybridized carbons (Fsp3) is 0.0769. The number of hydrogen-bond acceptors (Lipinski definition) is 4. The van der Waals surface area contributed by atoms with Crippen molar-refractivity contribution in [3.05, 3.63) is 46.4 Å². The number of hydrogen-bond donors (Lipinski definition) is 2. The molecular weight excluding hydrogens is 373 g/mol. The van der Waals surface area contributed by atoms with E-state index in [2.05, 4.69) is 29.2 Å². The molecule has 0 aliphatic rings. The van der Waals surface area contributed by atoms with E-state index in [0.717, 1.165) is 22.3 Å². The van der Waals surface area contributed by atoms with Gasteiger partial charge in [-0.3, -0.25) is 0 Å². The molecule has 1 heterocycles. The molecule has 0 saturated heterocycles. The molecule has 0 fully saturated rings. The number of nitrogens with one attached hydrogen (secondary N) is 1. The van der Waals surface area contributed by atoms with Crippen molar-refractivity contribution in [3.63, 3.8) is 0 Å². The summed E-state index contributed by atoms with van der Waals surface area (Å²) in [6.07, 6.45) is 0.